The van der Waals surface area contributed by atoms with E-state index in [-0.39, 0.29) is 0 Å². The third-order valence-corrected chi connectivity index (χ3v) is 1.98. The smallest absolute Gasteiger partial charge is 0.0357 e. The van der Waals surface area contributed by atoms with E-state index in [4.69, 9.17) is 0 Å². The summed E-state index contributed by atoms with van der Waals surface area (Å²) in [5.74, 6) is 0. The minimum atomic E-state index is 0.879. The van der Waals surface area contributed by atoms with Crippen molar-refractivity contribution >= 4 is 0 Å². The highest BCUT2D eigenvalue weighted by molar-refractivity contribution is 5.04. The van der Waals surface area contributed by atoms with E-state index in [1.165, 1.54) is 5.70 Å². The second-order valence-corrected chi connectivity index (χ2v) is 3.13. The first-order chi connectivity index (χ1) is 6.76. The van der Waals surface area contributed by atoms with Crippen molar-refractivity contribution in [3.63, 3.8) is 0 Å². The topological polar surface area (TPSA) is 3.24 Å². The Morgan fingerprint density at radius 1 is 1.21 bits per heavy atom. The van der Waals surface area contributed by atoms with Gasteiger partial charge in [-0.25, -0.2) is 0 Å². The minimum absolute atomic E-state index is 0.879. The van der Waals surface area contributed by atoms with Crippen molar-refractivity contribution < 1.29 is 0 Å². The Kier molecular flexibility index (Phi) is 7.62. The first kappa shape index (κ1) is 12.8. The summed E-state index contributed by atoms with van der Waals surface area (Å²) in [6.07, 6.45) is 11.2. The summed E-state index contributed by atoms with van der Waals surface area (Å²) in [5, 5.41) is 0. The number of allylic oxidation sites excluding steroid dienone is 4. The molecule has 0 saturated heterocycles. The molecule has 0 rings (SSSR count). The van der Waals surface area contributed by atoms with Gasteiger partial charge in [-0.15, -0.1) is 13.2 Å². The van der Waals surface area contributed by atoms with Gasteiger partial charge in [-0.3, -0.25) is 0 Å². The molecule has 0 unspecified atom stereocenters. The minimum Gasteiger partial charge on any atom is -0.368 e. The molecule has 0 atom stereocenters. The zero-order valence-electron chi connectivity index (χ0n) is 9.37. The Morgan fingerprint density at radius 2 is 1.79 bits per heavy atom. The highest BCUT2D eigenvalue weighted by Crippen LogP contribution is 2.05. The lowest BCUT2D eigenvalue weighted by molar-refractivity contribution is 0.421. The molecule has 1 heteroatoms. The van der Waals surface area contributed by atoms with Crippen LogP contribution in [0.2, 0.25) is 0 Å². The van der Waals surface area contributed by atoms with Crippen LogP contribution < -0.4 is 0 Å². The second kappa shape index (κ2) is 8.36. The van der Waals surface area contributed by atoms with Crippen LogP contribution >= 0.6 is 0 Å². The van der Waals surface area contributed by atoms with E-state index >= 15 is 0 Å². The molecule has 0 aromatic carbocycles. The average molecular weight is 191 g/mol. The third-order valence-electron chi connectivity index (χ3n) is 1.98. The van der Waals surface area contributed by atoms with Gasteiger partial charge in [0.15, 0.2) is 0 Å². The van der Waals surface area contributed by atoms with Crippen LogP contribution in [-0.2, 0) is 0 Å². The molecule has 0 aliphatic carbocycles. The average Bonchev–Trinajstić information content (AvgIpc) is 2.18. The zero-order chi connectivity index (χ0) is 10.8. The van der Waals surface area contributed by atoms with E-state index < -0.39 is 0 Å². The molecule has 0 N–H and O–H groups in total. The molecule has 14 heavy (non-hydrogen) atoms. The van der Waals surface area contributed by atoms with Gasteiger partial charge in [-0.1, -0.05) is 30.4 Å². The fraction of sp³-hybridized carbons (Fsp3) is 0.385. The highest BCUT2D eigenvalue weighted by atomic mass is 15.1. The van der Waals surface area contributed by atoms with Crippen LogP contribution in [0.15, 0.2) is 49.2 Å². The fourth-order valence-electron chi connectivity index (χ4n) is 1.18. The summed E-state index contributed by atoms with van der Waals surface area (Å²) in [6, 6.07) is 0. The van der Waals surface area contributed by atoms with E-state index in [9.17, 15) is 0 Å². The SMILES string of the molecule is C=CCN(CC=C)/C(C)=C/C/C=C\C. The number of hydrogen-bond acceptors (Lipinski definition) is 1. The van der Waals surface area contributed by atoms with Gasteiger partial charge in [0.1, 0.15) is 0 Å². The predicted octanol–water partition coefficient (Wildman–Crippen LogP) is 3.53. The van der Waals surface area contributed by atoms with E-state index in [1.807, 2.05) is 19.1 Å². The largest absolute Gasteiger partial charge is 0.368 e. The van der Waals surface area contributed by atoms with Crippen LogP contribution in [0, 0.1) is 0 Å². The van der Waals surface area contributed by atoms with Crippen LogP contribution in [0.3, 0.4) is 0 Å². The molecule has 0 bridgehead atoms. The summed E-state index contributed by atoms with van der Waals surface area (Å²) in [7, 11) is 0. The lowest BCUT2D eigenvalue weighted by atomic mass is 10.3. The summed E-state index contributed by atoms with van der Waals surface area (Å²) >= 11 is 0. The second-order valence-electron chi connectivity index (χ2n) is 3.13. The molecule has 0 aliphatic heterocycles. The Balaban J connectivity index is 4.23. The molecule has 0 amide bonds. The number of rotatable bonds is 7. The summed E-state index contributed by atoms with van der Waals surface area (Å²) in [4.78, 5) is 2.24. The van der Waals surface area contributed by atoms with Gasteiger partial charge >= 0.3 is 0 Å². The monoisotopic (exact) mass is 191 g/mol. The van der Waals surface area contributed by atoms with E-state index in [1.54, 1.807) is 0 Å². The summed E-state index contributed by atoms with van der Waals surface area (Å²) in [5.41, 5.74) is 1.28. The fourth-order valence-corrected chi connectivity index (χ4v) is 1.18. The van der Waals surface area contributed by atoms with Gasteiger partial charge in [-0.05, 0) is 20.3 Å². The van der Waals surface area contributed by atoms with Crippen molar-refractivity contribution in [1.82, 2.24) is 4.90 Å². The standard InChI is InChI=1S/C13H21N/c1-5-8-9-10-13(4)14(11-6-2)12-7-3/h5-8,10H,2-3,9,11-12H2,1,4H3/b8-5-,13-10+. The first-order valence-electron chi connectivity index (χ1n) is 5.00. The van der Waals surface area contributed by atoms with Crippen molar-refractivity contribution in [3.8, 4) is 0 Å². The van der Waals surface area contributed by atoms with Crippen LogP contribution in [0.5, 0.6) is 0 Å². The van der Waals surface area contributed by atoms with Crippen molar-refractivity contribution in [3.05, 3.63) is 49.2 Å². The summed E-state index contributed by atoms with van der Waals surface area (Å²) in [6.45, 7) is 13.4. The van der Waals surface area contributed by atoms with Crippen molar-refractivity contribution in [2.45, 2.75) is 20.3 Å². The molecule has 0 heterocycles. The molecule has 0 saturated carbocycles. The molecular formula is C13H21N. The maximum absolute atomic E-state index is 3.74. The van der Waals surface area contributed by atoms with Gasteiger partial charge in [0.05, 0.1) is 0 Å². The Morgan fingerprint density at radius 3 is 2.21 bits per heavy atom. The van der Waals surface area contributed by atoms with Gasteiger partial charge in [0.2, 0.25) is 0 Å². The normalized spacial score (nSPS) is 11.7. The van der Waals surface area contributed by atoms with Gasteiger partial charge in [0.25, 0.3) is 0 Å². The number of nitrogens with zero attached hydrogens (tertiary/aromatic N) is 1. The van der Waals surface area contributed by atoms with Crippen molar-refractivity contribution in [2.24, 2.45) is 0 Å². The molecule has 0 fully saturated rings. The van der Waals surface area contributed by atoms with Crippen molar-refractivity contribution in [2.75, 3.05) is 13.1 Å². The van der Waals surface area contributed by atoms with Crippen LogP contribution in [0.25, 0.3) is 0 Å². The molecule has 0 spiro atoms. The van der Waals surface area contributed by atoms with Crippen LogP contribution in [-0.4, -0.2) is 18.0 Å². The maximum Gasteiger partial charge on any atom is 0.0357 e. The van der Waals surface area contributed by atoms with E-state index in [2.05, 4.69) is 43.2 Å². The lowest BCUT2D eigenvalue weighted by Crippen LogP contribution is -2.21. The predicted molar refractivity (Wildman–Crippen MR) is 65.2 cm³/mol. The molecule has 0 aliphatic rings. The molecule has 78 valence electrons. The molecule has 0 radical (unpaired) electrons. The van der Waals surface area contributed by atoms with Gasteiger partial charge in [-0.2, -0.15) is 0 Å². The maximum atomic E-state index is 3.74. The van der Waals surface area contributed by atoms with Crippen molar-refractivity contribution in [1.29, 1.82) is 0 Å². The zero-order valence-corrected chi connectivity index (χ0v) is 9.37. The molecule has 1 nitrogen and oxygen atoms in total. The first-order valence-corrected chi connectivity index (χ1v) is 5.00. The molecule has 0 aromatic rings. The van der Waals surface area contributed by atoms with Gasteiger partial charge in [0, 0.05) is 18.8 Å². The van der Waals surface area contributed by atoms with E-state index in [0.717, 1.165) is 19.5 Å². The molecular weight excluding hydrogens is 170 g/mol. The van der Waals surface area contributed by atoms with E-state index in [0.29, 0.717) is 0 Å². The lowest BCUT2D eigenvalue weighted by Gasteiger charge is -2.22. The molecule has 0 aromatic heterocycles. The van der Waals surface area contributed by atoms with Gasteiger partial charge < -0.3 is 4.90 Å². The Bertz CT molecular complexity index is 213. The third kappa shape index (κ3) is 5.41. The van der Waals surface area contributed by atoms with Crippen LogP contribution in [0.4, 0.5) is 0 Å². The Labute approximate surface area is 88.1 Å². The quantitative estimate of drug-likeness (QED) is 0.556. The summed E-state index contributed by atoms with van der Waals surface area (Å²) < 4.78 is 0. The Hall–Kier alpha value is -1.24. The highest BCUT2D eigenvalue weighted by Gasteiger charge is 1.99. The number of hydrogen-bond donors (Lipinski definition) is 0. The van der Waals surface area contributed by atoms with Crippen LogP contribution in [0.1, 0.15) is 20.3 Å².